The molecule has 7 heteroatoms. The Morgan fingerprint density at radius 1 is 1.25 bits per heavy atom. The number of amides is 2. The number of esters is 1. The van der Waals surface area contributed by atoms with Gasteiger partial charge in [-0.2, -0.15) is 0 Å². The molecule has 0 spiro atoms. The first-order valence-corrected chi connectivity index (χ1v) is 5.80. The van der Waals surface area contributed by atoms with Crippen LogP contribution in [0.15, 0.2) is 24.3 Å². The largest absolute Gasteiger partial charge is 0.467 e. The molecule has 0 fully saturated rings. The minimum Gasteiger partial charge on any atom is -0.467 e. The van der Waals surface area contributed by atoms with Gasteiger partial charge in [-0.15, -0.1) is 5.06 Å². The number of hydroxylamine groups is 2. The van der Waals surface area contributed by atoms with Crippen molar-refractivity contribution in [3.8, 4) is 0 Å². The van der Waals surface area contributed by atoms with Crippen molar-refractivity contribution >= 4 is 17.8 Å². The highest BCUT2D eigenvalue weighted by Crippen LogP contribution is 2.23. The average Bonchev–Trinajstić information content (AvgIpc) is 2.68. The van der Waals surface area contributed by atoms with E-state index in [-0.39, 0.29) is 11.1 Å². The van der Waals surface area contributed by atoms with E-state index >= 15 is 0 Å². The van der Waals surface area contributed by atoms with Gasteiger partial charge in [-0.1, -0.05) is 12.1 Å². The van der Waals surface area contributed by atoms with Gasteiger partial charge in [0.05, 0.1) is 18.2 Å². The third-order valence-electron chi connectivity index (χ3n) is 2.86. The number of hydrogen-bond donors (Lipinski definition) is 1. The topological polar surface area (TPSA) is 93.1 Å². The van der Waals surface area contributed by atoms with E-state index in [1.807, 2.05) is 0 Å². The number of rotatable bonds is 4. The van der Waals surface area contributed by atoms with Crippen LogP contribution in [-0.2, 0) is 14.4 Å². The van der Waals surface area contributed by atoms with Gasteiger partial charge >= 0.3 is 5.97 Å². The van der Waals surface area contributed by atoms with Gasteiger partial charge in [0.2, 0.25) is 0 Å². The van der Waals surface area contributed by atoms with Gasteiger partial charge in [-0.05, 0) is 19.1 Å². The maximum atomic E-state index is 11.9. The molecule has 0 unspecified atom stereocenters. The zero-order valence-electron chi connectivity index (χ0n) is 11.0. The molecular formula is C13H13NO6. The lowest BCUT2D eigenvalue weighted by Crippen LogP contribution is -2.44. The van der Waals surface area contributed by atoms with Crippen molar-refractivity contribution in [2.75, 3.05) is 13.7 Å². The zero-order valence-corrected chi connectivity index (χ0v) is 11.0. The molecule has 7 nitrogen and oxygen atoms in total. The Balaban J connectivity index is 2.12. The summed E-state index contributed by atoms with van der Waals surface area (Å²) in [4.78, 5) is 40.2. The maximum Gasteiger partial charge on any atom is 0.340 e. The average molecular weight is 279 g/mol. The lowest BCUT2D eigenvalue weighted by atomic mass is 10.1. The molecule has 1 N–H and O–H groups in total. The second kappa shape index (κ2) is 5.03. The SMILES string of the molecule is COC(=O)[C@](C)(O)CON1C(=O)c2ccccc2C1=O. The highest BCUT2D eigenvalue weighted by atomic mass is 16.7. The van der Waals surface area contributed by atoms with Gasteiger partial charge in [-0.25, -0.2) is 4.79 Å². The zero-order chi connectivity index (χ0) is 14.9. The number of aliphatic hydroxyl groups is 1. The number of ether oxygens (including phenoxy) is 1. The second-order valence-corrected chi connectivity index (χ2v) is 4.49. The van der Waals surface area contributed by atoms with Gasteiger partial charge in [0.1, 0.15) is 6.61 Å². The third-order valence-corrected chi connectivity index (χ3v) is 2.86. The molecule has 1 aromatic rings. The number of nitrogens with zero attached hydrogens (tertiary/aromatic N) is 1. The summed E-state index contributed by atoms with van der Waals surface area (Å²) in [6.45, 7) is 0.585. The number of methoxy groups -OCH3 is 1. The Kier molecular flexibility index (Phi) is 3.56. The molecule has 0 aromatic heterocycles. The molecule has 0 aliphatic carbocycles. The summed E-state index contributed by atoms with van der Waals surface area (Å²) in [6.07, 6.45) is 0. The van der Waals surface area contributed by atoms with E-state index in [0.717, 1.165) is 14.0 Å². The van der Waals surface area contributed by atoms with Gasteiger partial charge < -0.3 is 9.84 Å². The van der Waals surface area contributed by atoms with Gasteiger partial charge in [0.25, 0.3) is 11.8 Å². The van der Waals surface area contributed by atoms with E-state index in [1.165, 1.54) is 12.1 Å². The fourth-order valence-electron chi connectivity index (χ4n) is 1.75. The first-order valence-electron chi connectivity index (χ1n) is 5.80. The summed E-state index contributed by atoms with van der Waals surface area (Å²) in [5.74, 6) is -2.19. The fraction of sp³-hybridized carbons (Fsp3) is 0.308. The molecule has 1 aliphatic heterocycles. The minimum absolute atomic E-state index is 0.218. The molecule has 2 rings (SSSR count). The van der Waals surface area contributed by atoms with Gasteiger partial charge in [0.15, 0.2) is 5.60 Å². The Morgan fingerprint density at radius 2 is 1.75 bits per heavy atom. The van der Waals surface area contributed by atoms with Gasteiger partial charge in [-0.3, -0.25) is 14.4 Å². The molecule has 106 valence electrons. The van der Waals surface area contributed by atoms with Crippen LogP contribution in [0.2, 0.25) is 0 Å². The lowest BCUT2D eigenvalue weighted by molar-refractivity contribution is -0.181. The number of hydrogen-bond acceptors (Lipinski definition) is 6. The molecule has 0 bridgehead atoms. The van der Waals surface area contributed by atoms with Crippen LogP contribution in [0.1, 0.15) is 27.6 Å². The molecule has 1 aliphatic rings. The van der Waals surface area contributed by atoms with Crippen LogP contribution >= 0.6 is 0 Å². The Morgan fingerprint density at radius 3 is 2.20 bits per heavy atom. The quantitative estimate of drug-likeness (QED) is 0.622. The summed E-state index contributed by atoms with van der Waals surface area (Å²) < 4.78 is 4.39. The van der Waals surface area contributed by atoms with E-state index in [1.54, 1.807) is 12.1 Å². The Bertz CT molecular complexity index is 545. The third kappa shape index (κ3) is 2.28. The first-order chi connectivity index (χ1) is 9.38. The highest BCUT2D eigenvalue weighted by molar-refractivity contribution is 6.20. The monoisotopic (exact) mass is 279 g/mol. The number of imide groups is 1. The Labute approximate surface area is 114 Å². The number of carbonyl (C=O) groups excluding carboxylic acids is 3. The minimum atomic E-state index is -1.95. The number of carbonyl (C=O) groups is 3. The van der Waals surface area contributed by atoms with E-state index < -0.39 is 30.0 Å². The fourth-order valence-corrected chi connectivity index (χ4v) is 1.75. The van der Waals surface area contributed by atoms with Crippen LogP contribution in [0, 0.1) is 0 Å². The lowest BCUT2D eigenvalue weighted by Gasteiger charge is -2.22. The summed E-state index contributed by atoms with van der Waals surface area (Å²) in [7, 11) is 1.11. The van der Waals surface area contributed by atoms with Crippen molar-refractivity contribution in [3.63, 3.8) is 0 Å². The number of fused-ring (bicyclic) bond motifs is 1. The molecule has 1 atom stereocenters. The second-order valence-electron chi connectivity index (χ2n) is 4.49. The summed E-state index contributed by atoms with van der Waals surface area (Å²) >= 11 is 0. The van der Waals surface area contributed by atoms with E-state index in [9.17, 15) is 19.5 Å². The highest BCUT2D eigenvalue weighted by Gasteiger charge is 2.40. The molecule has 20 heavy (non-hydrogen) atoms. The molecular weight excluding hydrogens is 266 g/mol. The smallest absolute Gasteiger partial charge is 0.340 e. The van der Waals surface area contributed by atoms with Crippen LogP contribution in [0.4, 0.5) is 0 Å². The van der Waals surface area contributed by atoms with Crippen molar-refractivity contribution in [2.24, 2.45) is 0 Å². The first kappa shape index (κ1) is 14.2. The molecule has 0 saturated heterocycles. The van der Waals surface area contributed by atoms with E-state index in [2.05, 4.69) is 4.74 Å². The predicted molar refractivity (Wildman–Crippen MR) is 65.5 cm³/mol. The van der Waals surface area contributed by atoms with Crippen LogP contribution < -0.4 is 0 Å². The summed E-state index contributed by atoms with van der Waals surface area (Å²) in [5.41, 5.74) is -1.52. The molecule has 0 radical (unpaired) electrons. The van der Waals surface area contributed by atoms with Crippen LogP contribution in [0.5, 0.6) is 0 Å². The molecule has 2 amide bonds. The predicted octanol–water partition coefficient (Wildman–Crippen LogP) is 0.138. The van der Waals surface area contributed by atoms with Gasteiger partial charge in [0, 0.05) is 0 Å². The molecule has 1 aromatic carbocycles. The Hall–Kier alpha value is -2.25. The van der Waals surface area contributed by atoms with Crippen molar-refractivity contribution < 1.29 is 29.1 Å². The van der Waals surface area contributed by atoms with Crippen LogP contribution in [0.3, 0.4) is 0 Å². The summed E-state index contributed by atoms with van der Waals surface area (Å²) in [5, 5.41) is 10.3. The standard InChI is InChI=1S/C13H13NO6/c1-13(18,12(17)19-2)7-20-14-10(15)8-5-3-4-6-9(8)11(14)16/h3-6,18H,7H2,1-2H3/t13-/m1/s1. The van der Waals surface area contributed by atoms with Crippen molar-refractivity contribution in [3.05, 3.63) is 35.4 Å². The van der Waals surface area contributed by atoms with E-state index in [4.69, 9.17) is 4.84 Å². The maximum absolute atomic E-state index is 11.9. The van der Waals surface area contributed by atoms with Crippen LogP contribution in [0.25, 0.3) is 0 Å². The normalized spacial score (nSPS) is 16.9. The van der Waals surface area contributed by atoms with Crippen molar-refractivity contribution in [2.45, 2.75) is 12.5 Å². The van der Waals surface area contributed by atoms with Crippen molar-refractivity contribution in [1.82, 2.24) is 5.06 Å². The van der Waals surface area contributed by atoms with Crippen LogP contribution in [-0.4, -0.2) is 47.3 Å². The van der Waals surface area contributed by atoms with E-state index in [0.29, 0.717) is 5.06 Å². The van der Waals surface area contributed by atoms with Crippen molar-refractivity contribution in [1.29, 1.82) is 0 Å². The number of benzene rings is 1. The summed E-state index contributed by atoms with van der Waals surface area (Å²) in [6, 6.07) is 6.24. The molecule has 0 saturated carbocycles. The molecule has 1 heterocycles.